The number of halogens is 1. The molecule has 0 unspecified atom stereocenters. The Morgan fingerprint density at radius 3 is 2.47 bits per heavy atom. The first-order valence-electron chi connectivity index (χ1n) is 5.21. The molecule has 2 aromatic rings. The number of hydrogen-bond acceptors (Lipinski definition) is 2. The van der Waals surface area contributed by atoms with Gasteiger partial charge in [-0.2, -0.15) is 0 Å². The van der Waals surface area contributed by atoms with Gasteiger partial charge in [-0.3, -0.25) is 0 Å². The molecule has 0 saturated heterocycles. The molecular weight excluding hydrogens is 236 g/mol. The van der Waals surface area contributed by atoms with Crippen LogP contribution in [-0.2, 0) is 0 Å². The largest absolute Gasteiger partial charge is 0.423 e. The summed E-state index contributed by atoms with van der Waals surface area (Å²) >= 11 is 6.05. The van der Waals surface area contributed by atoms with E-state index in [1.165, 1.54) is 0 Å². The molecule has 2 rings (SSSR count). The first kappa shape index (κ1) is 11.7. The van der Waals surface area contributed by atoms with Crippen LogP contribution in [0, 0.1) is 6.92 Å². The second-order valence-electron chi connectivity index (χ2n) is 3.64. The average Bonchev–Trinajstić information content (AvgIpc) is 2.34. The Balaban J connectivity index is 2.24. The topological polar surface area (TPSA) is 26.3 Å². The molecule has 17 heavy (non-hydrogen) atoms. The molecule has 0 aliphatic rings. The Bertz CT molecular complexity index is 535. The average molecular weight is 247 g/mol. The van der Waals surface area contributed by atoms with Gasteiger partial charge in [-0.15, -0.1) is 0 Å². The van der Waals surface area contributed by atoms with Crippen molar-refractivity contribution in [3.8, 4) is 5.75 Å². The van der Waals surface area contributed by atoms with Gasteiger partial charge in [-0.25, -0.2) is 4.79 Å². The van der Waals surface area contributed by atoms with Gasteiger partial charge in [-0.05, 0) is 30.7 Å². The molecule has 0 atom stereocenters. The van der Waals surface area contributed by atoms with Crippen molar-refractivity contribution in [2.75, 3.05) is 0 Å². The summed E-state index contributed by atoms with van der Waals surface area (Å²) in [4.78, 5) is 11.9. The van der Waals surface area contributed by atoms with E-state index in [2.05, 4.69) is 0 Å². The minimum Gasteiger partial charge on any atom is -0.423 e. The van der Waals surface area contributed by atoms with Crippen molar-refractivity contribution in [2.45, 2.75) is 6.92 Å². The van der Waals surface area contributed by atoms with E-state index in [1.807, 2.05) is 19.1 Å². The SMILES string of the molecule is Cc1cccc(C(=O)Oc2ccccc2)c1Cl. The summed E-state index contributed by atoms with van der Waals surface area (Å²) in [5.74, 6) is 0.0694. The maximum absolute atomic E-state index is 11.9. The van der Waals surface area contributed by atoms with E-state index in [4.69, 9.17) is 16.3 Å². The summed E-state index contributed by atoms with van der Waals surface area (Å²) in [5.41, 5.74) is 1.24. The van der Waals surface area contributed by atoms with Crippen LogP contribution in [0.2, 0.25) is 5.02 Å². The van der Waals surface area contributed by atoms with Crippen molar-refractivity contribution >= 4 is 17.6 Å². The maximum atomic E-state index is 11.9. The van der Waals surface area contributed by atoms with E-state index >= 15 is 0 Å². The standard InChI is InChI=1S/C14H11ClO2/c1-10-6-5-9-12(13(10)15)14(16)17-11-7-3-2-4-8-11/h2-9H,1H3. The third-order valence-electron chi connectivity index (χ3n) is 2.37. The van der Waals surface area contributed by atoms with Crippen molar-refractivity contribution in [1.29, 1.82) is 0 Å². The summed E-state index contributed by atoms with van der Waals surface area (Å²) < 4.78 is 5.21. The number of ether oxygens (including phenoxy) is 1. The van der Waals surface area contributed by atoms with Crippen molar-refractivity contribution in [3.05, 3.63) is 64.7 Å². The first-order valence-corrected chi connectivity index (χ1v) is 5.58. The van der Waals surface area contributed by atoms with E-state index in [1.54, 1.807) is 36.4 Å². The van der Waals surface area contributed by atoms with Crippen LogP contribution in [-0.4, -0.2) is 5.97 Å². The fourth-order valence-corrected chi connectivity index (χ4v) is 1.66. The molecule has 2 nitrogen and oxygen atoms in total. The van der Waals surface area contributed by atoms with Crippen LogP contribution in [0.5, 0.6) is 5.75 Å². The molecule has 0 aliphatic carbocycles. The third-order valence-corrected chi connectivity index (χ3v) is 2.87. The summed E-state index contributed by atoms with van der Waals surface area (Å²) in [6.45, 7) is 1.85. The van der Waals surface area contributed by atoms with Crippen molar-refractivity contribution in [3.63, 3.8) is 0 Å². The number of rotatable bonds is 2. The zero-order valence-electron chi connectivity index (χ0n) is 9.31. The highest BCUT2D eigenvalue weighted by Crippen LogP contribution is 2.22. The van der Waals surface area contributed by atoms with Gasteiger partial charge < -0.3 is 4.74 Å². The minimum absolute atomic E-state index is 0.385. The maximum Gasteiger partial charge on any atom is 0.345 e. The molecule has 0 amide bonds. The number of benzene rings is 2. The van der Waals surface area contributed by atoms with Gasteiger partial charge in [0, 0.05) is 0 Å². The van der Waals surface area contributed by atoms with Crippen LogP contribution < -0.4 is 4.74 Å². The van der Waals surface area contributed by atoms with Gasteiger partial charge in [0.2, 0.25) is 0 Å². The van der Waals surface area contributed by atoms with Gasteiger partial charge in [0.25, 0.3) is 0 Å². The van der Waals surface area contributed by atoms with Gasteiger partial charge in [0.05, 0.1) is 10.6 Å². The van der Waals surface area contributed by atoms with Gasteiger partial charge in [0.15, 0.2) is 0 Å². The number of hydrogen-bond donors (Lipinski definition) is 0. The molecule has 0 spiro atoms. The van der Waals surface area contributed by atoms with Crippen molar-refractivity contribution in [2.24, 2.45) is 0 Å². The molecule has 0 bridgehead atoms. The van der Waals surface area contributed by atoms with Crippen molar-refractivity contribution in [1.82, 2.24) is 0 Å². The molecule has 0 radical (unpaired) electrons. The first-order chi connectivity index (χ1) is 8.18. The number of carbonyl (C=O) groups is 1. The summed E-state index contributed by atoms with van der Waals surface area (Å²) in [7, 11) is 0. The summed E-state index contributed by atoms with van der Waals surface area (Å²) in [6.07, 6.45) is 0. The second kappa shape index (κ2) is 5.02. The normalized spacial score (nSPS) is 10.0. The Hall–Kier alpha value is -1.80. The van der Waals surface area contributed by atoms with E-state index < -0.39 is 5.97 Å². The lowest BCUT2D eigenvalue weighted by Gasteiger charge is -2.06. The molecule has 86 valence electrons. The fraction of sp³-hybridized carbons (Fsp3) is 0.0714. The lowest BCUT2D eigenvalue weighted by atomic mass is 10.1. The van der Waals surface area contributed by atoms with Crippen LogP contribution in [0.25, 0.3) is 0 Å². The molecule has 2 aromatic carbocycles. The number of aryl methyl sites for hydroxylation is 1. The predicted molar refractivity (Wildman–Crippen MR) is 67.6 cm³/mol. The second-order valence-corrected chi connectivity index (χ2v) is 4.02. The molecule has 0 N–H and O–H groups in total. The van der Waals surface area contributed by atoms with Crippen LogP contribution in [0.1, 0.15) is 15.9 Å². The van der Waals surface area contributed by atoms with Gasteiger partial charge in [-0.1, -0.05) is 41.9 Å². The predicted octanol–water partition coefficient (Wildman–Crippen LogP) is 3.87. The molecule has 0 saturated carbocycles. The highest BCUT2D eigenvalue weighted by atomic mass is 35.5. The van der Waals surface area contributed by atoms with E-state index in [0.29, 0.717) is 16.3 Å². The van der Waals surface area contributed by atoms with E-state index in [9.17, 15) is 4.79 Å². The quantitative estimate of drug-likeness (QED) is 0.594. The van der Waals surface area contributed by atoms with Crippen LogP contribution in [0.3, 0.4) is 0 Å². The minimum atomic E-state index is -0.440. The molecule has 3 heteroatoms. The monoisotopic (exact) mass is 246 g/mol. The van der Waals surface area contributed by atoms with Crippen LogP contribution in [0.15, 0.2) is 48.5 Å². The Morgan fingerprint density at radius 2 is 1.76 bits per heavy atom. The Labute approximate surface area is 105 Å². The Kier molecular flexibility index (Phi) is 3.45. The zero-order valence-corrected chi connectivity index (χ0v) is 10.1. The van der Waals surface area contributed by atoms with E-state index in [0.717, 1.165) is 5.56 Å². The molecule has 0 aromatic heterocycles. The third kappa shape index (κ3) is 2.66. The fourth-order valence-electron chi connectivity index (χ4n) is 1.46. The summed E-state index contributed by atoms with van der Waals surface area (Å²) in [6, 6.07) is 14.2. The number of carbonyl (C=O) groups excluding carboxylic acids is 1. The lowest BCUT2D eigenvalue weighted by Crippen LogP contribution is -2.09. The number of esters is 1. The van der Waals surface area contributed by atoms with Crippen LogP contribution >= 0.6 is 11.6 Å². The van der Waals surface area contributed by atoms with Crippen molar-refractivity contribution < 1.29 is 9.53 Å². The molecule has 0 fully saturated rings. The highest BCUT2D eigenvalue weighted by molar-refractivity contribution is 6.34. The highest BCUT2D eigenvalue weighted by Gasteiger charge is 2.13. The lowest BCUT2D eigenvalue weighted by molar-refractivity contribution is 0.0735. The molecule has 0 aliphatic heterocycles. The number of para-hydroxylation sites is 1. The van der Waals surface area contributed by atoms with Crippen LogP contribution in [0.4, 0.5) is 0 Å². The smallest absolute Gasteiger partial charge is 0.345 e. The Morgan fingerprint density at radius 1 is 1.06 bits per heavy atom. The summed E-state index contributed by atoms with van der Waals surface area (Å²) in [5, 5.41) is 0.438. The molecular formula is C14H11ClO2. The zero-order chi connectivity index (χ0) is 12.3. The van der Waals surface area contributed by atoms with Gasteiger partial charge in [0.1, 0.15) is 5.75 Å². The molecule has 0 heterocycles. The van der Waals surface area contributed by atoms with Gasteiger partial charge >= 0.3 is 5.97 Å². The van der Waals surface area contributed by atoms with E-state index in [-0.39, 0.29) is 0 Å².